The first-order valence-electron chi connectivity index (χ1n) is 7.42. The molecule has 0 N–H and O–H groups in total. The molecule has 1 aromatic rings. The Hall–Kier alpha value is -1.75. The number of benzene rings is 1. The third kappa shape index (κ3) is 3.88. The van der Waals surface area contributed by atoms with E-state index in [4.69, 9.17) is 9.47 Å². The van der Waals surface area contributed by atoms with Crippen LogP contribution in [0.5, 0.6) is 11.5 Å². The molecule has 1 saturated heterocycles. The third-order valence-corrected chi connectivity index (χ3v) is 3.80. The molecule has 1 aromatic carbocycles. The minimum absolute atomic E-state index is 0.0662. The van der Waals surface area contributed by atoms with Crippen LogP contribution in [-0.2, 0) is 4.79 Å². The predicted molar refractivity (Wildman–Crippen MR) is 81.8 cm³/mol. The van der Waals surface area contributed by atoms with Crippen LogP contribution < -0.4 is 9.47 Å². The van der Waals surface area contributed by atoms with E-state index >= 15 is 0 Å². The second kappa shape index (κ2) is 7.31. The molecule has 0 radical (unpaired) electrons. The van der Waals surface area contributed by atoms with Gasteiger partial charge in [-0.1, -0.05) is 19.1 Å². The summed E-state index contributed by atoms with van der Waals surface area (Å²) in [5, 5.41) is 0. The molecule has 0 saturated carbocycles. The molecule has 1 aliphatic heterocycles. The van der Waals surface area contributed by atoms with Gasteiger partial charge in [0, 0.05) is 26.2 Å². The summed E-state index contributed by atoms with van der Waals surface area (Å²) in [6, 6.07) is 7.43. The van der Waals surface area contributed by atoms with Gasteiger partial charge in [-0.3, -0.25) is 4.79 Å². The lowest BCUT2D eigenvalue weighted by atomic mass is 10.2. The van der Waals surface area contributed by atoms with E-state index in [2.05, 4.69) is 11.9 Å². The van der Waals surface area contributed by atoms with Gasteiger partial charge in [-0.15, -0.1) is 0 Å². The van der Waals surface area contributed by atoms with Crippen LogP contribution in [0.2, 0.25) is 0 Å². The summed E-state index contributed by atoms with van der Waals surface area (Å²) in [5.41, 5.74) is 0. The molecule has 0 aliphatic carbocycles. The van der Waals surface area contributed by atoms with Gasteiger partial charge in [-0.25, -0.2) is 0 Å². The van der Waals surface area contributed by atoms with E-state index < -0.39 is 6.10 Å². The molecule has 0 unspecified atom stereocenters. The number of carbonyl (C=O) groups is 1. The number of likely N-dealkylation sites (N-methyl/N-ethyl adjacent to an activating group) is 1. The smallest absolute Gasteiger partial charge is 0.263 e. The van der Waals surface area contributed by atoms with Crippen molar-refractivity contribution in [2.24, 2.45) is 0 Å². The van der Waals surface area contributed by atoms with E-state index in [1.165, 1.54) is 0 Å². The highest BCUT2D eigenvalue weighted by molar-refractivity contribution is 5.81. The van der Waals surface area contributed by atoms with Crippen molar-refractivity contribution in [3.63, 3.8) is 0 Å². The lowest BCUT2D eigenvalue weighted by molar-refractivity contribution is -0.140. The molecule has 0 bridgehead atoms. The highest BCUT2D eigenvalue weighted by Gasteiger charge is 2.27. The molecule has 2 rings (SSSR count). The van der Waals surface area contributed by atoms with Gasteiger partial charge in [0.2, 0.25) is 0 Å². The summed E-state index contributed by atoms with van der Waals surface area (Å²) in [4.78, 5) is 16.7. The van der Waals surface area contributed by atoms with Crippen molar-refractivity contribution in [1.82, 2.24) is 9.80 Å². The van der Waals surface area contributed by atoms with Gasteiger partial charge in [0.25, 0.3) is 5.91 Å². The minimum atomic E-state index is -0.454. The van der Waals surface area contributed by atoms with Crippen LogP contribution in [0.4, 0.5) is 0 Å². The van der Waals surface area contributed by atoms with E-state index in [1.54, 1.807) is 7.11 Å². The van der Waals surface area contributed by atoms with Crippen LogP contribution in [0.3, 0.4) is 0 Å². The molecule has 116 valence electrons. The number of piperazine rings is 1. The zero-order valence-electron chi connectivity index (χ0n) is 13.0. The fourth-order valence-corrected chi connectivity index (χ4v) is 2.41. The number of amides is 1. The first-order valence-corrected chi connectivity index (χ1v) is 7.42. The number of para-hydroxylation sites is 2. The van der Waals surface area contributed by atoms with Crippen molar-refractivity contribution in [1.29, 1.82) is 0 Å². The van der Waals surface area contributed by atoms with E-state index in [0.717, 1.165) is 26.2 Å². The molecule has 0 spiro atoms. The largest absolute Gasteiger partial charge is 0.493 e. The first-order chi connectivity index (χ1) is 10.2. The highest BCUT2D eigenvalue weighted by atomic mass is 16.5. The SMILES string of the molecule is CC[C@H](Oc1ccccc1OC)C(=O)N1CCN(C)CC1. The van der Waals surface area contributed by atoms with Crippen molar-refractivity contribution in [3.8, 4) is 11.5 Å². The minimum Gasteiger partial charge on any atom is -0.493 e. The Morgan fingerprint density at radius 2 is 1.81 bits per heavy atom. The summed E-state index contributed by atoms with van der Waals surface area (Å²) in [7, 11) is 3.68. The summed E-state index contributed by atoms with van der Waals surface area (Å²) in [5.74, 6) is 1.34. The summed E-state index contributed by atoms with van der Waals surface area (Å²) in [6.07, 6.45) is 0.188. The Labute approximate surface area is 126 Å². The van der Waals surface area contributed by atoms with Gasteiger partial charge in [-0.2, -0.15) is 0 Å². The molecule has 0 aromatic heterocycles. The first kappa shape index (κ1) is 15.6. The summed E-state index contributed by atoms with van der Waals surface area (Å²) < 4.78 is 11.2. The zero-order valence-corrected chi connectivity index (χ0v) is 13.0. The Balaban J connectivity index is 2.03. The number of hydrogen-bond donors (Lipinski definition) is 0. The lowest BCUT2D eigenvalue weighted by Gasteiger charge is -2.34. The number of ether oxygens (including phenoxy) is 2. The maximum absolute atomic E-state index is 12.6. The average molecular weight is 292 g/mol. The van der Waals surface area contributed by atoms with Gasteiger partial charge in [0.15, 0.2) is 17.6 Å². The number of nitrogens with zero attached hydrogens (tertiary/aromatic N) is 2. The molecular formula is C16H24N2O3. The zero-order chi connectivity index (χ0) is 15.2. The van der Waals surface area contributed by atoms with Gasteiger partial charge in [-0.05, 0) is 25.6 Å². The second-order valence-corrected chi connectivity index (χ2v) is 5.29. The normalized spacial score (nSPS) is 17.4. The molecule has 1 heterocycles. The molecule has 1 amide bonds. The predicted octanol–water partition coefficient (Wildman–Crippen LogP) is 1.63. The van der Waals surface area contributed by atoms with Crippen LogP contribution in [-0.4, -0.2) is 62.1 Å². The van der Waals surface area contributed by atoms with Crippen LogP contribution >= 0.6 is 0 Å². The molecule has 1 aliphatic rings. The molecule has 1 atom stereocenters. The number of hydrogen-bond acceptors (Lipinski definition) is 4. The standard InChI is InChI=1S/C16H24N2O3/c1-4-13(16(19)18-11-9-17(2)10-12-18)21-15-8-6-5-7-14(15)20-3/h5-8,13H,4,9-12H2,1-3H3/t13-/m0/s1. The Kier molecular flexibility index (Phi) is 5.44. The van der Waals surface area contributed by atoms with Gasteiger partial charge < -0.3 is 19.3 Å². The van der Waals surface area contributed by atoms with E-state index in [-0.39, 0.29) is 5.91 Å². The van der Waals surface area contributed by atoms with Gasteiger partial charge >= 0.3 is 0 Å². The van der Waals surface area contributed by atoms with Crippen molar-refractivity contribution in [2.45, 2.75) is 19.4 Å². The van der Waals surface area contributed by atoms with Crippen LogP contribution in [0, 0.1) is 0 Å². The van der Waals surface area contributed by atoms with Crippen molar-refractivity contribution in [2.75, 3.05) is 40.3 Å². The summed E-state index contributed by atoms with van der Waals surface area (Å²) in [6.45, 7) is 5.32. The fraction of sp³-hybridized carbons (Fsp3) is 0.562. The molecular weight excluding hydrogens is 268 g/mol. The quantitative estimate of drug-likeness (QED) is 0.827. The fourth-order valence-electron chi connectivity index (χ4n) is 2.41. The second-order valence-electron chi connectivity index (χ2n) is 5.29. The summed E-state index contributed by atoms with van der Waals surface area (Å²) >= 11 is 0. The van der Waals surface area contributed by atoms with Gasteiger partial charge in [0.05, 0.1) is 7.11 Å². The average Bonchev–Trinajstić information content (AvgIpc) is 2.53. The molecule has 1 fully saturated rings. The number of carbonyl (C=O) groups excluding carboxylic acids is 1. The topological polar surface area (TPSA) is 42.0 Å². The van der Waals surface area contributed by atoms with Crippen molar-refractivity contribution >= 4 is 5.91 Å². The Morgan fingerprint density at radius 3 is 2.38 bits per heavy atom. The highest BCUT2D eigenvalue weighted by Crippen LogP contribution is 2.27. The Bertz CT molecular complexity index is 470. The maximum atomic E-state index is 12.6. The van der Waals surface area contributed by atoms with Crippen molar-refractivity contribution < 1.29 is 14.3 Å². The van der Waals surface area contributed by atoms with E-state index in [1.807, 2.05) is 36.1 Å². The number of rotatable bonds is 5. The molecule has 21 heavy (non-hydrogen) atoms. The monoisotopic (exact) mass is 292 g/mol. The number of methoxy groups -OCH3 is 1. The van der Waals surface area contributed by atoms with Crippen molar-refractivity contribution in [3.05, 3.63) is 24.3 Å². The van der Waals surface area contributed by atoms with E-state index in [9.17, 15) is 4.79 Å². The Morgan fingerprint density at radius 1 is 1.19 bits per heavy atom. The molecule has 5 heteroatoms. The maximum Gasteiger partial charge on any atom is 0.263 e. The van der Waals surface area contributed by atoms with Gasteiger partial charge in [0.1, 0.15) is 0 Å². The van der Waals surface area contributed by atoms with Crippen LogP contribution in [0.15, 0.2) is 24.3 Å². The molecule has 5 nitrogen and oxygen atoms in total. The van der Waals surface area contributed by atoms with Crippen LogP contribution in [0.25, 0.3) is 0 Å². The lowest BCUT2D eigenvalue weighted by Crippen LogP contribution is -2.51. The third-order valence-electron chi connectivity index (χ3n) is 3.80. The van der Waals surface area contributed by atoms with Crippen LogP contribution in [0.1, 0.15) is 13.3 Å². The van der Waals surface area contributed by atoms with E-state index in [0.29, 0.717) is 17.9 Å².